The van der Waals surface area contributed by atoms with Gasteiger partial charge in [-0.3, -0.25) is 14.9 Å². The third kappa shape index (κ3) is 3.80. The van der Waals surface area contributed by atoms with Gasteiger partial charge in [-0.2, -0.15) is 0 Å². The number of nitro benzene ring substituents is 1. The second-order valence-corrected chi connectivity index (χ2v) is 5.83. The predicted octanol–water partition coefficient (Wildman–Crippen LogP) is 3.47. The second-order valence-electron chi connectivity index (χ2n) is 5.83. The Balaban J connectivity index is 1.70. The molecule has 0 atom stereocenters. The van der Waals surface area contributed by atoms with Gasteiger partial charge in [-0.15, -0.1) is 0 Å². The summed E-state index contributed by atoms with van der Waals surface area (Å²) < 4.78 is 0. The highest BCUT2D eigenvalue weighted by Gasteiger charge is 2.21. The van der Waals surface area contributed by atoms with Crippen molar-refractivity contribution < 1.29 is 9.72 Å². The standard InChI is InChI=1S/C19H17N3O3/c1-14-5-4-6-15(11-14)17-9-10-21(13-20-17)12-19(23)16-7-2-3-8-18(16)22(24)25/h2-9,11,13H,10,12H2,1H3. The van der Waals surface area contributed by atoms with E-state index in [1.165, 1.54) is 12.1 Å². The Labute approximate surface area is 145 Å². The van der Waals surface area contributed by atoms with Gasteiger partial charge in [0.25, 0.3) is 5.69 Å². The van der Waals surface area contributed by atoms with E-state index in [1.807, 2.05) is 31.2 Å². The molecule has 1 aliphatic heterocycles. The Morgan fingerprint density at radius 1 is 1.24 bits per heavy atom. The first-order chi connectivity index (χ1) is 12.0. The minimum absolute atomic E-state index is 0.0476. The molecule has 0 radical (unpaired) electrons. The highest BCUT2D eigenvalue weighted by atomic mass is 16.6. The van der Waals surface area contributed by atoms with Crippen molar-refractivity contribution in [2.24, 2.45) is 4.99 Å². The van der Waals surface area contributed by atoms with Crippen molar-refractivity contribution in [1.29, 1.82) is 0 Å². The first-order valence-corrected chi connectivity index (χ1v) is 7.86. The number of para-hydroxylation sites is 1. The van der Waals surface area contributed by atoms with E-state index in [2.05, 4.69) is 11.1 Å². The van der Waals surface area contributed by atoms with E-state index in [4.69, 9.17) is 0 Å². The van der Waals surface area contributed by atoms with E-state index in [9.17, 15) is 14.9 Å². The fraction of sp³-hybridized carbons (Fsp3) is 0.158. The maximum atomic E-state index is 12.4. The van der Waals surface area contributed by atoms with Crippen LogP contribution in [0.5, 0.6) is 0 Å². The lowest BCUT2D eigenvalue weighted by molar-refractivity contribution is -0.385. The molecule has 6 heteroatoms. The zero-order chi connectivity index (χ0) is 17.8. The third-order valence-corrected chi connectivity index (χ3v) is 3.94. The average Bonchev–Trinajstić information content (AvgIpc) is 2.62. The van der Waals surface area contributed by atoms with Crippen LogP contribution in [0.2, 0.25) is 0 Å². The summed E-state index contributed by atoms with van der Waals surface area (Å²) in [4.78, 5) is 29.1. The molecule has 2 aromatic rings. The van der Waals surface area contributed by atoms with Crippen LogP contribution in [-0.2, 0) is 0 Å². The Hall–Kier alpha value is -3.28. The van der Waals surface area contributed by atoms with Crippen LogP contribution in [0.1, 0.15) is 21.5 Å². The lowest BCUT2D eigenvalue weighted by Crippen LogP contribution is -2.30. The van der Waals surface area contributed by atoms with Crippen LogP contribution in [0.4, 0.5) is 5.69 Å². The summed E-state index contributed by atoms with van der Waals surface area (Å²) in [5, 5.41) is 11.0. The van der Waals surface area contributed by atoms with Gasteiger partial charge < -0.3 is 4.90 Å². The van der Waals surface area contributed by atoms with Crippen molar-refractivity contribution in [3.8, 4) is 0 Å². The summed E-state index contributed by atoms with van der Waals surface area (Å²) in [7, 11) is 0. The minimum atomic E-state index is -0.534. The molecule has 0 saturated carbocycles. The number of aryl methyl sites for hydroxylation is 1. The van der Waals surface area contributed by atoms with Crippen LogP contribution in [0.15, 0.2) is 59.6 Å². The summed E-state index contributed by atoms with van der Waals surface area (Å²) in [6, 6.07) is 14.0. The molecular formula is C19H17N3O3. The second kappa shape index (κ2) is 7.09. The van der Waals surface area contributed by atoms with E-state index in [-0.39, 0.29) is 23.6 Å². The van der Waals surface area contributed by atoms with Crippen LogP contribution >= 0.6 is 0 Å². The molecule has 0 aromatic heterocycles. The average molecular weight is 335 g/mol. The van der Waals surface area contributed by atoms with E-state index < -0.39 is 4.92 Å². The van der Waals surface area contributed by atoms with E-state index in [1.54, 1.807) is 23.4 Å². The number of nitrogens with zero attached hydrogens (tertiary/aromatic N) is 3. The molecule has 0 bridgehead atoms. The topological polar surface area (TPSA) is 75.8 Å². The van der Waals surface area contributed by atoms with Crippen molar-refractivity contribution >= 4 is 23.5 Å². The fourth-order valence-electron chi connectivity index (χ4n) is 2.69. The third-order valence-electron chi connectivity index (χ3n) is 3.94. The maximum absolute atomic E-state index is 12.4. The number of ketones is 1. The van der Waals surface area contributed by atoms with Gasteiger partial charge in [-0.25, -0.2) is 4.99 Å². The van der Waals surface area contributed by atoms with Crippen molar-refractivity contribution in [2.75, 3.05) is 13.1 Å². The molecule has 1 heterocycles. The van der Waals surface area contributed by atoms with Crippen molar-refractivity contribution in [1.82, 2.24) is 4.90 Å². The number of nitro groups is 1. The number of Topliss-reactive ketones (excluding diaryl/α,β-unsaturated/α-hetero) is 1. The number of rotatable bonds is 5. The molecule has 1 aliphatic rings. The smallest absolute Gasteiger partial charge is 0.280 e. The Morgan fingerprint density at radius 3 is 2.72 bits per heavy atom. The summed E-state index contributed by atoms with van der Waals surface area (Å²) in [5.41, 5.74) is 2.99. The monoisotopic (exact) mass is 335 g/mol. The lowest BCUT2D eigenvalue weighted by Gasteiger charge is -2.21. The number of benzene rings is 2. The quantitative estimate of drug-likeness (QED) is 0.476. The summed E-state index contributed by atoms with van der Waals surface area (Å²) in [6.07, 6.45) is 3.56. The van der Waals surface area contributed by atoms with E-state index in [0.29, 0.717) is 6.54 Å². The molecule has 0 amide bonds. The Morgan fingerprint density at radius 2 is 2.04 bits per heavy atom. The molecule has 6 nitrogen and oxygen atoms in total. The van der Waals surface area contributed by atoms with Crippen LogP contribution in [0, 0.1) is 17.0 Å². The normalized spacial score (nSPS) is 13.5. The van der Waals surface area contributed by atoms with E-state index in [0.717, 1.165) is 16.8 Å². The zero-order valence-electron chi connectivity index (χ0n) is 13.8. The summed E-state index contributed by atoms with van der Waals surface area (Å²) in [5.74, 6) is -0.300. The van der Waals surface area contributed by atoms with Gasteiger partial charge in [-0.05, 0) is 25.1 Å². The van der Waals surface area contributed by atoms with Crippen LogP contribution in [0.3, 0.4) is 0 Å². The molecule has 0 unspecified atom stereocenters. The van der Waals surface area contributed by atoms with Crippen molar-refractivity contribution in [3.05, 3.63) is 81.4 Å². The van der Waals surface area contributed by atoms with Crippen LogP contribution in [-0.4, -0.2) is 35.0 Å². The molecule has 0 spiro atoms. The largest absolute Gasteiger partial charge is 0.351 e. The number of aliphatic imine (C=N–C) groups is 1. The molecule has 3 rings (SSSR count). The van der Waals surface area contributed by atoms with Crippen LogP contribution < -0.4 is 0 Å². The van der Waals surface area contributed by atoms with Crippen molar-refractivity contribution in [3.63, 3.8) is 0 Å². The lowest BCUT2D eigenvalue weighted by atomic mass is 10.1. The number of hydrogen-bond acceptors (Lipinski definition) is 5. The highest BCUT2D eigenvalue weighted by Crippen LogP contribution is 2.21. The van der Waals surface area contributed by atoms with Gasteiger partial charge in [-0.1, -0.05) is 35.9 Å². The van der Waals surface area contributed by atoms with Gasteiger partial charge >= 0.3 is 0 Å². The Kier molecular flexibility index (Phi) is 4.70. The molecular weight excluding hydrogens is 318 g/mol. The fourth-order valence-corrected chi connectivity index (χ4v) is 2.69. The SMILES string of the molecule is Cc1cccc(C2=CCN(CC(=O)c3ccccc3[N+](=O)[O-])C=N2)c1. The molecule has 0 fully saturated rings. The minimum Gasteiger partial charge on any atom is -0.351 e. The molecule has 2 aromatic carbocycles. The first kappa shape index (κ1) is 16.6. The van der Waals surface area contributed by atoms with Gasteiger partial charge in [0.2, 0.25) is 0 Å². The number of carbonyl (C=O) groups excluding carboxylic acids is 1. The summed E-state index contributed by atoms with van der Waals surface area (Å²) >= 11 is 0. The van der Waals surface area contributed by atoms with Gasteiger partial charge in [0.05, 0.1) is 29.1 Å². The molecule has 0 saturated heterocycles. The Bertz CT molecular complexity index is 887. The predicted molar refractivity (Wildman–Crippen MR) is 96.6 cm³/mol. The van der Waals surface area contributed by atoms with Gasteiger partial charge in [0.15, 0.2) is 5.78 Å². The molecule has 0 N–H and O–H groups in total. The highest BCUT2D eigenvalue weighted by molar-refractivity contribution is 6.02. The summed E-state index contributed by atoms with van der Waals surface area (Å²) in [6.45, 7) is 2.60. The molecule has 25 heavy (non-hydrogen) atoms. The van der Waals surface area contributed by atoms with Gasteiger partial charge in [0.1, 0.15) is 0 Å². The number of hydrogen-bond donors (Lipinski definition) is 0. The maximum Gasteiger partial charge on any atom is 0.280 e. The molecule has 126 valence electrons. The van der Waals surface area contributed by atoms with E-state index >= 15 is 0 Å². The molecule has 0 aliphatic carbocycles. The van der Waals surface area contributed by atoms with Crippen LogP contribution in [0.25, 0.3) is 5.70 Å². The van der Waals surface area contributed by atoms with Gasteiger partial charge in [0, 0.05) is 18.2 Å². The number of carbonyl (C=O) groups is 1. The van der Waals surface area contributed by atoms with Crippen molar-refractivity contribution in [2.45, 2.75) is 6.92 Å². The zero-order valence-corrected chi connectivity index (χ0v) is 13.8. The first-order valence-electron chi connectivity index (χ1n) is 7.86.